The lowest BCUT2D eigenvalue weighted by atomic mass is 10.0. The molecule has 0 saturated heterocycles. The van der Waals surface area contributed by atoms with Crippen LogP contribution in [0.1, 0.15) is 0 Å². The van der Waals surface area contributed by atoms with E-state index < -0.39 is 0 Å². The molecule has 254 valence electrons. The first-order valence-corrected chi connectivity index (χ1v) is 18.3. The molecule has 0 unspecified atom stereocenters. The molecule has 5 nitrogen and oxygen atoms in total. The summed E-state index contributed by atoms with van der Waals surface area (Å²) < 4.78 is 6.92. The molecule has 0 radical (unpaired) electrons. The lowest BCUT2D eigenvalue weighted by molar-refractivity contribution is 1.15. The van der Waals surface area contributed by atoms with Crippen LogP contribution in [0.4, 0.5) is 11.4 Å². The second kappa shape index (κ2) is 11.8. The highest BCUT2D eigenvalue weighted by Crippen LogP contribution is 2.43. The first kappa shape index (κ1) is 30.7. The maximum Gasteiger partial charge on any atom is 0.211 e. The highest BCUT2D eigenvalue weighted by atomic mass is 15.0. The van der Waals surface area contributed by atoms with E-state index in [4.69, 9.17) is 13.1 Å². The molecule has 11 rings (SSSR count). The van der Waals surface area contributed by atoms with E-state index in [-0.39, 0.29) is 0 Å². The minimum Gasteiger partial charge on any atom is -0.318 e. The zero-order valence-corrected chi connectivity index (χ0v) is 29.5. The van der Waals surface area contributed by atoms with Gasteiger partial charge in [0.15, 0.2) is 5.69 Å². The molecule has 11 aromatic rings. The Kier molecular flexibility index (Phi) is 6.61. The van der Waals surface area contributed by atoms with E-state index in [1.165, 1.54) is 10.8 Å². The summed E-state index contributed by atoms with van der Waals surface area (Å²) in [6, 6.07) is 61.3. The second-order valence-electron chi connectivity index (χ2n) is 13.9. The molecule has 0 spiro atoms. The van der Waals surface area contributed by atoms with Crippen molar-refractivity contribution in [1.82, 2.24) is 13.7 Å². The summed E-state index contributed by atoms with van der Waals surface area (Å²) in [7, 11) is 0. The minimum atomic E-state index is 0.591. The van der Waals surface area contributed by atoms with E-state index in [1.807, 2.05) is 24.3 Å². The number of rotatable bonds is 4. The maximum absolute atomic E-state index is 8.30. The van der Waals surface area contributed by atoms with Gasteiger partial charge in [0, 0.05) is 38.3 Å². The van der Waals surface area contributed by atoms with Gasteiger partial charge >= 0.3 is 0 Å². The van der Waals surface area contributed by atoms with E-state index in [0.29, 0.717) is 11.4 Å². The SMILES string of the molecule is [C-]#[N+]c1ccc2c(c1)c1ccc(-n3c4ccccc4c4ccccc43)cc1n2-c1cccc(-c2cccc([N+]#[C-])c2-n2c3ccccc3c3ccccc32)c1. The fourth-order valence-electron chi connectivity index (χ4n) is 8.75. The summed E-state index contributed by atoms with van der Waals surface area (Å²) >= 11 is 0. The van der Waals surface area contributed by atoms with Crippen molar-refractivity contribution in [2.24, 2.45) is 0 Å². The van der Waals surface area contributed by atoms with Gasteiger partial charge in [-0.25, -0.2) is 9.69 Å². The number of hydrogen-bond donors (Lipinski definition) is 0. The van der Waals surface area contributed by atoms with Crippen molar-refractivity contribution in [2.75, 3.05) is 0 Å². The summed E-state index contributed by atoms with van der Waals surface area (Å²) in [5, 5.41) is 6.85. The van der Waals surface area contributed by atoms with Gasteiger partial charge in [-0.1, -0.05) is 115 Å². The van der Waals surface area contributed by atoms with Gasteiger partial charge in [0.1, 0.15) is 0 Å². The van der Waals surface area contributed by atoms with Crippen LogP contribution in [-0.2, 0) is 0 Å². The third-order valence-electron chi connectivity index (χ3n) is 11.1. The molecule has 0 atom stereocenters. The largest absolute Gasteiger partial charge is 0.318 e. The fourth-order valence-corrected chi connectivity index (χ4v) is 8.75. The van der Waals surface area contributed by atoms with Crippen molar-refractivity contribution >= 4 is 76.8 Å². The van der Waals surface area contributed by atoms with Crippen molar-refractivity contribution in [1.29, 1.82) is 0 Å². The van der Waals surface area contributed by atoms with Crippen LogP contribution in [0, 0.1) is 13.1 Å². The molecule has 0 fully saturated rings. The summed E-state index contributed by atoms with van der Waals surface area (Å²) in [6.07, 6.45) is 0. The zero-order valence-electron chi connectivity index (χ0n) is 29.5. The van der Waals surface area contributed by atoms with Gasteiger partial charge in [0.2, 0.25) is 5.69 Å². The normalized spacial score (nSPS) is 11.6. The van der Waals surface area contributed by atoms with Gasteiger partial charge in [-0.2, -0.15) is 0 Å². The molecule has 0 N–H and O–H groups in total. The quantitative estimate of drug-likeness (QED) is 0.163. The van der Waals surface area contributed by atoms with Crippen LogP contribution in [-0.4, -0.2) is 13.7 Å². The van der Waals surface area contributed by atoms with E-state index in [2.05, 4.69) is 175 Å². The van der Waals surface area contributed by atoms with Crippen LogP contribution in [0.25, 0.3) is 103 Å². The van der Waals surface area contributed by atoms with Gasteiger partial charge in [-0.05, 0) is 77.2 Å². The maximum atomic E-state index is 8.30. The molecule has 5 heteroatoms. The Balaban J connectivity index is 1.18. The Labute approximate surface area is 316 Å². The first-order valence-electron chi connectivity index (χ1n) is 18.3. The minimum absolute atomic E-state index is 0.591. The van der Waals surface area contributed by atoms with Gasteiger partial charge in [0.25, 0.3) is 0 Å². The van der Waals surface area contributed by atoms with E-state index in [1.54, 1.807) is 0 Å². The molecule has 0 saturated carbocycles. The highest BCUT2D eigenvalue weighted by Gasteiger charge is 2.21. The molecular formula is C50H29N5. The zero-order chi connectivity index (χ0) is 36.6. The smallest absolute Gasteiger partial charge is 0.211 e. The average Bonchev–Trinajstić information content (AvgIpc) is 3.88. The molecule has 0 aliphatic carbocycles. The Bertz CT molecular complexity index is 3360. The monoisotopic (exact) mass is 699 g/mol. The van der Waals surface area contributed by atoms with Crippen LogP contribution in [0.3, 0.4) is 0 Å². The average molecular weight is 700 g/mol. The molecule has 3 aromatic heterocycles. The molecule has 3 heterocycles. The Morgan fingerprint density at radius 2 is 0.873 bits per heavy atom. The van der Waals surface area contributed by atoms with E-state index >= 15 is 0 Å². The molecule has 0 aliphatic rings. The lowest BCUT2D eigenvalue weighted by Gasteiger charge is -2.17. The standard InChI is InChI=1S/C50H29N5/c1-51-33-25-28-48-42(30-33)41-27-26-35(53-44-21-7-3-15-37(44)38-16-4-8-22-45(38)53)31-49(41)54(48)34-14-11-13-32(29-34)36-19-12-20-43(52-2)50(36)55-46-23-9-5-17-39(46)40-18-6-10-24-47(40)55/h3-31H. The number of hydrogen-bond acceptors (Lipinski definition) is 0. The summed E-state index contributed by atoms with van der Waals surface area (Å²) in [4.78, 5) is 7.86. The first-order chi connectivity index (χ1) is 27.2. The summed E-state index contributed by atoms with van der Waals surface area (Å²) in [5.41, 5.74) is 12.6. The topological polar surface area (TPSA) is 23.5 Å². The molecule has 8 aromatic carbocycles. The third-order valence-corrected chi connectivity index (χ3v) is 11.1. The summed E-state index contributed by atoms with van der Waals surface area (Å²) in [6.45, 7) is 16.1. The van der Waals surface area contributed by atoms with Crippen LogP contribution < -0.4 is 0 Å². The Morgan fingerprint density at radius 1 is 0.345 bits per heavy atom. The molecular weight excluding hydrogens is 671 g/mol. The predicted octanol–water partition coefficient (Wildman–Crippen LogP) is 13.7. The highest BCUT2D eigenvalue weighted by molar-refractivity contribution is 6.13. The molecule has 0 bridgehead atoms. The molecule has 0 aliphatic heterocycles. The number of nitrogens with zero attached hydrogens (tertiary/aromatic N) is 5. The van der Waals surface area contributed by atoms with E-state index in [0.717, 1.165) is 82.8 Å². The van der Waals surface area contributed by atoms with Crippen molar-refractivity contribution < 1.29 is 0 Å². The van der Waals surface area contributed by atoms with Gasteiger partial charge in [-0.3, -0.25) is 0 Å². The van der Waals surface area contributed by atoms with Crippen LogP contribution in [0.5, 0.6) is 0 Å². The van der Waals surface area contributed by atoms with Crippen molar-refractivity contribution in [3.63, 3.8) is 0 Å². The Morgan fingerprint density at radius 3 is 1.49 bits per heavy atom. The van der Waals surface area contributed by atoms with Crippen molar-refractivity contribution in [3.8, 4) is 28.2 Å². The van der Waals surface area contributed by atoms with Crippen LogP contribution in [0.15, 0.2) is 176 Å². The third kappa shape index (κ3) is 4.45. The Hall–Kier alpha value is -7.86. The van der Waals surface area contributed by atoms with Crippen LogP contribution >= 0.6 is 0 Å². The summed E-state index contributed by atoms with van der Waals surface area (Å²) in [5.74, 6) is 0. The molecule has 55 heavy (non-hydrogen) atoms. The number of benzene rings is 8. The van der Waals surface area contributed by atoms with Crippen molar-refractivity contribution in [2.45, 2.75) is 0 Å². The second-order valence-corrected chi connectivity index (χ2v) is 13.9. The van der Waals surface area contributed by atoms with E-state index in [9.17, 15) is 0 Å². The number of fused-ring (bicyclic) bond motifs is 9. The van der Waals surface area contributed by atoms with Gasteiger partial charge in [0.05, 0.1) is 51.9 Å². The van der Waals surface area contributed by atoms with Crippen molar-refractivity contribution in [3.05, 3.63) is 199 Å². The van der Waals surface area contributed by atoms with Crippen LogP contribution in [0.2, 0.25) is 0 Å². The van der Waals surface area contributed by atoms with Gasteiger partial charge in [-0.15, -0.1) is 0 Å². The fraction of sp³-hybridized carbons (Fsp3) is 0. The lowest BCUT2D eigenvalue weighted by Crippen LogP contribution is -1.99. The number of para-hydroxylation sites is 5. The molecule has 0 amide bonds. The van der Waals surface area contributed by atoms with Gasteiger partial charge < -0.3 is 13.7 Å². The predicted molar refractivity (Wildman–Crippen MR) is 227 cm³/mol. The number of aromatic nitrogens is 3.